The highest BCUT2D eigenvalue weighted by Crippen LogP contribution is 2.65. The van der Waals surface area contributed by atoms with E-state index in [0.717, 1.165) is 5.92 Å². The van der Waals surface area contributed by atoms with Crippen LogP contribution in [0.2, 0.25) is 0 Å². The van der Waals surface area contributed by atoms with Gasteiger partial charge in [-0.2, -0.15) is 0 Å². The van der Waals surface area contributed by atoms with E-state index in [1.165, 1.54) is 30.5 Å². The predicted octanol–water partition coefficient (Wildman–Crippen LogP) is 5.44. The van der Waals surface area contributed by atoms with E-state index in [0.29, 0.717) is 22.8 Å². The van der Waals surface area contributed by atoms with Crippen LogP contribution in [0.1, 0.15) is 65.4 Å². The minimum Gasteiger partial charge on any atom is -0.382 e. The van der Waals surface area contributed by atoms with Crippen LogP contribution in [0, 0.1) is 16.7 Å². The zero-order valence-electron chi connectivity index (χ0n) is 13.7. The summed E-state index contributed by atoms with van der Waals surface area (Å²) in [6.07, 6.45) is 4.15. The fraction of sp³-hybridized carbons (Fsp3) is 0.684. The summed E-state index contributed by atoms with van der Waals surface area (Å²) >= 11 is 0. The van der Waals surface area contributed by atoms with E-state index in [-0.39, 0.29) is 0 Å². The van der Waals surface area contributed by atoms with Crippen LogP contribution < -0.4 is 5.32 Å². The Balaban J connectivity index is 1.81. The molecule has 0 heterocycles. The molecule has 1 aromatic rings. The molecule has 0 amide bonds. The molecule has 1 nitrogen and oxygen atoms in total. The average molecular weight is 271 g/mol. The number of nitrogens with one attached hydrogen (secondary N) is 1. The predicted molar refractivity (Wildman–Crippen MR) is 87.2 cm³/mol. The van der Waals surface area contributed by atoms with Crippen molar-refractivity contribution in [1.29, 1.82) is 0 Å². The third kappa shape index (κ3) is 1.89. The molecule has 0 aliphatic heterocycles. The molecule has 0 saturated heterocycles. The van der Waals surface area contributed by atoms with E-state index in [2.05, 4.69) is 64.2 Å². The molecule has 3 atom stereocenters. The normalized spacial score (nSPS) is 34.7. The molecule has 2 aliphatic carbocycles. The van der Waals surface area contributed by atoms with Crippen LogP contribution in [0.4, 0.5) is 5.69 Å². The Morgan fingerprint density at radius 1 is 1.20 bits per heavy atom. The number of fused-ring (bicyclic) bond motifs is 2. The summed E-state index contributed by atoms with van der Waals surface area (Å²) in [5.41, 5.74) is 3.68. The van der Waals surface area contributed by atoms with Crippen LogP contribution in [0.5, 0.6) is 0 Å². The first-order valence-electron chi connectivity index (χ1n) is 8.21. The van der Waals surface area contributed by atoms with Crippen molar-refractivity contribution in [3.05, 3.63) is 29.8 Å². The first kappa shape index (κ1) is 14.0. The molecule has 1 heteroatoms. The molecular weight excluding hydrogens is 242 g/mol. The number of hydrogen-bond donors (Lipinski definition) is 1. The Bertz CT molecular complexity index is 502. The smallest absolute Gasteiger partial charge is 0.0345 e. The van der Waals surface area contributed by atoms with Crippen LogP contribution >= 0.6 is 0 Å². The molecule has 1 N–H and O–H groups in total. The fourth-order valence-corrected chi connectivity index (χ4v) is 4.61. The van der Waals surface area contributed by atoms with Crippen molar-refractivity contribution in [2.45, 2.75) is 65.8 Å². The highest BCUT2D eigenvalue weighted by Gasteiger charge is 2.61. The van der Waals surface area contributed by atoms with Crippen LogP contribution in [-0.4, -0.2) is 6.04 Å². The minimum absolute atomic E-state index is 0.450. The Morgan fingerprint density at radius 3 is 2.50 bits per heavy atom. The topological polar surface area (TPSA) is 12.0 Å². The molecule has 20 heavy (non-hydrogen) atoms. The highest BCUT2D eigenvalue weighted by molar-refractivity contribution is 5.48. The maximum atomic E-state index is 3.86. The molecule has 0 spiro atoms. The molecule has 3 rings (SSSR count). The van der Waals surface area contributed by atoms with E-state index >= 15 is 0 Å². The van der Waals surface area contributed by atoms with Gasteiger partial charge in [0.25, 0.3) is 0 Å². The summed E-state index contributed by atoms with van der Waals surface area (Å²) < 4.78 is 0. The summed E-state index contributed by atoms with van der Waals surface area (Å²) in [4.78, 5) is 0. The molecule has 2 bridgehead atoms. The van der Waals surface area contributed by atoms with Gasteiger partial charge < -0.3 is 5.32 Å². The zero-order chi connectivity index (χ0) is 14.5. The first-order valence-corrected chi connectivity index (χ1v) is 8.21. The molecular formula is C19H29N. The Labute approximate surface area is 124 Å². The molecule has 2 aliphatic rings. The summed E-state index contributed by atoms with van der Waals surface area (Å²) in [6, 6.07) is 9.64. The van der Waals surface area contributed by atoms with E-state index < -0.39 is 0 Å². The SMILES string of the molecule is CC(C)c1cccc(NC2CC3CCC2(C)C3(C)C)c1. The average Bonchev–Trinajstić information content (AvgIpc) is 2.72. The van der Waals surface area contributed by atoms with Crippen molar-refractivity contribution in [1.82, 2.24) is 0 Å². The van der Waals surface area contributed by atoms with Crippen LogP contribution in [0.3, 0.4) is 0 Å². The van der Waals surface area contributed by atoms with Gasteiger partial charge in [0, 0.05) is 11.7 Å². The summed E-state index contributed by atoms with van der Waals surface area (Å²) in [5.74, 6) is 1.50. The zero-order valence-corrected chi connectivity index (χ0v) is 13.7. The van der Waals surface area contributed by atoms with Crippen molar-refractivity contribution in [2.24, 2.45) is 16.7 Å². The summed E-state index contributed by atoms with van der Waals surface area (Å²) in [5, 5.41) is 3.86. The molecule has 1 aromatic carbocycles. The van der Waals surface area contributed by atoms with Gasteiger partial charge in [-0.15, -0.1) is 0 Å². The second-order valence-electron chi connectivity index (χ2n) is 8.09. The van der Waals surface area contributed by atoms with Gasteiger partial charge in [0.1, 0.15) is 0 Å². The highest BCUT2D eigenvalue weighted by atomic mass is 15.0. The van der Waals surface area contributed by atoms with Crippen molar-refractivity contribution < 1.29 is 0 Å². The summed E-state index contributed by atoms with van der Waals surface area (Å²) in [7, 11) is 0. The molecule has 110 valence electrons. The lowest BCUT2D eigenvalue weighted by molar-refractivity contribution is 0.142. The number of hydrogen-bond acceptors (Lipinski definition) is 1. The Kier molecular flexibility index (Phi) is 3.15. The standard InChI is InChI=1S/C19H29N/c1-13(2)14-7-6-8-16(11-14)20-17-12-15-9-10-19(17,5)18(15,3)4/h6-8,11,13,15,17,20H,9-10,12H2,1-5H3. The molecule has 0 aromatic heterocycles. The van der Waals surface area contributed by atoms with Gasteiger partial charge in [0.05, 0.1) is 0 Å². The maximum Gasteiger partial charge on any atom is 0.0345 e. The van der Waals surface area contributed by atoms with E-state index in [1.54, 1.807) is 0 Å². The van der Waals surface area contributed by atoms with E-state index in [9.17, 15) is 0 Å². The van der Waals surface area contributed by atoms with Gasteiger partial charge in [-0.05, 0) is 59.6 Å². The third-order valence-electron chi connectivity index (χ3n) is 6.69. The molecule has 2 saturated carbocycles. The lowest BCUT2D eigenvalue weighted by Gasteiger charge is -2.40. The van der Waals surface area contributed by atoms with Crippen molar-refractivity contribution in [3.63, 3.8) is 0 Å². The minimum atomic E-state index is 0.450. The Hall–Kier alpha value is -0.980. The monoisotopic (exact) mass is 271 g/mol. The second-order valence-corrected chi connectivity index (χ2v) is 8.09. The number of anilines is 1. The van der Waals surface area contributed by atoms with Crippen molar-refractivity contribution in [2.75, 3.05) is 5.32 Å². The van der Waals surface area contributed by atoms with E-state index in [1.807, 2.05) is 0 Å². The van der Waals surface area contributed by atoms with Crippen molar-refractivity contribution in [3.8, 4) is 0 Å². The molecule has 3 unspecified atom stereocenters. The largest absolute Gasteiger partial charge is 0.382 e. The number of benzene rings is 1. The fourth-order valence-electron chi connectivity index (χ4n) is 4.61. The maximum absolute atomic E-state index is 3.86. The van der Waals surface area contributed by atoms with Gasteiger partial charge in [-0.1, -0.05) is 46.8 Å². The lowest BCUT2D eigenvalue weighted by atomic mass is 9.69. The van der Waals surface area contributed by atoms with Gasteiger partial charge >= 0.3 is 0 Å². The van der Waals surface area contributed by atoms with Crippen LogP contribution in [0.25, 0.3) is 0 Å². The second kappa shape index (κ2) is 4.51. The quantitative estimate of drug-likeness (QED) is 0.772. The first-order chi connectivity index (χ1) is 9.34. The van der Waals surface area contributed by atoms with Crippen molar-refractivity contribution >= 4 is 5.69 Å². The van der Waals surface area contributed by atoms with Crippen LogP contribution in [-0.2, 0) is 0 Å². The number of rotatable bonds is 3. The Morgan fingerprint density at radius 2 is 1.95 bits per heavy atom. The van der Waals surface area contributed by atoms with Gasteiger partial charge in [-0.3, -0.25) is 0 Å². The molecule has 2 fully saturated rings. The van der Waals surface area contributed by atoms with Crippen LogP contribution in [0.15, 0.2) is 24.3 Å². The third-order valence-corrected chi connectivity index (χ3v) is 6.69. The molecule has 0 radical (unpaired) electrons. The van der Waals surface area contributed by atoms with Gasteiger partial charge in [0.15, 0.2) is 0 Å². The van der Waals surface area contributed by atoms with E-state index in [4.69, 9.17) is 0 Å². The summed E-state index contributed by atoms with van der Waals surface area (Å²) in [6.45, 7) is 12.0. The lowest BCUT2D eigenvalue weighted by Crippen LogP contribution is -2.40. The van der Waals surface area contributed by atoms with Gasteiger partial charge in [0.2, 0.25) is 0 Å². The van der Waals surface area contributed by atoms with Gasteiger partial charge in [-0.25, -0.2) is 0 Å².